The van der Waals surface area contributed by atoms with E-state index in [1.165, 1.54) is 4.90 Å². The fraction of sp³-hybridized carbons (Fsp3) is 0.385. The number of hydrogen-bond donors (Lipinski definition) is 4. The summed E-state index contributed by atoms with van der Waals surface area (Å²) in [5, 5.41) is 11.3. The zero-order chi connectivity index (χ0) is 25.1. The topological polar surface area (TPSA) is 129 Å². The van der Waals surface area contributed by atoms with Gasteiger partial charge >= 0.3 is 6.03 Å². The van der Waals surface area contributed by atoms with E-state index in [1.807, 2.05) is 24.3 Å². The average Bonchev–Trinajstić information content (AvgIpc) is 3.19. The normalized spacial score (nSPS) is 21.6. The summed E-state index contributed by atoms with van der Waals surface area (Å²) in [5.41, 5.74) is 2.72. The molecule has 0 radical (unpaired) electrons. The summed E-state index contributed by atoms with van der Waals surface area (Å²) in [6.07, 6.45) is 3.75. The first-order valence-electron chi connectivity index (χ1n) is 12.3. The Kier molecular flexibility index (Phi) is 6.86. The van der Waals surface area contributed by atoms with Gasteiger partial charge in [0.05, 0.1) is 0 Å². The quantitative estimate of drug-likeness (QED) is 0.459. The van der Waals surface area contributed by atoms with Gasteiger partial charge in [0.1, 0.15) is 18.0 Å². The minimum atomic E-state index is -0.649. The van der Waals surface area contributed by atoms with E-state index in [4.69, 9.17) is 4.74 Å². The lowest BCUT2D eigenvalue weighted by molar-refractivity contribution is -0.136. The van der Waals surface area contributed by atoms with Crippen molar-refractivity contribution in [3.63, 3.8) is 0 Å². The highest BCUT2D eigenvalue weighted by Gasteiger charge is 2.39. The molecule has 2 saturated heterocycles. The number of fused-ring (bicyclic) bond motifs is 1. The van der Waals surface area contributed by atoms with E-state index in [-0.39, 0.29) is 37.0 Å². The predicted octanol–water partition coefficient (Wildman–Crippen LogP) is 2.25. The molecule has 0 saturated carbocycles. The summed E-state index contributed by atoms with van der Waals surface area (Å²) < 4.78 is 5.96. The molecule has 2 unspecified atom stereocenters. The molecule has 5 amide bonds. The summed E-state index contributed by atoms with van der Waals surface area (Å²) in [7, 11) is 0. The summed E-state index contributed by atoms with van der Waals surface area (Å²) in [4.78, 5) is 50.6. The molecule has 4 N–H and O–H groups in total. The SMILES string of the molecule is O=C1CCC(N2Cc3ccc(CNC(=O)Nc4cccc(OC5CCCCN5)c4)cc3C2=O)C(=O)N1. The number of urea groups is 1. The smallest absolute Gasteiger partial charge is 0.319 e. The van der Waals surface area contributed by atoms with Crippen molar-refractivity contribution in [2.75, 3.05) is 11.9 Å². The van der Waals surface area contributed by atoms with Gasteiger partial charge in [0, 0.05) is 36.8 Å². The molecule has 2 fully saturated rings. The van der Waals surface area contributed by atoms with Gasteiger partial charge in [-0.2, -0.15) is 0 Å². The van der Waals surface area contributed by atoms with Gasteiger partial charge in [-0.15, -0.1) is 0 Å². The maximum Gasteiger partial charge on any atom is 0.319 e. The summed E-state index contributed by atoms with van der Waals surface area (Å²) in [6, 6.07) is 11.7. The van der Waals surface area contributed by atoms with Gasteiger partial charge in [0.15, 0.2) is 0 Å². The number of piperidine rings is 2. The Morgan fingerprint density at radius 2 is 1.97 bits per heavy atom. The molecule has 0 aliphatic carbocycles. The second-order valence-electron chi connectivity index (χ2n) is 9.28. The van der Waals surface area contributed by atoms with Crippen molar-refractivity contribution >= 4 is 29.4 Å². The number of ether oxygens (including phenoxy) is 1. The lowest BCUT2D eigenvalue weighted by Crippen LogP contribution is -2.52. The van der Waals surface area contributed by atoms with Crippen LogP contribution in [0.15, 0.2) is 42.5 Å². The number of nitrogens with one attached hydrogen (secondary N) is 4. The van der Waals surface area contributed by atoms with E-state index in [1.54, 1.807) is 18.2 Å². The third-order valence-electron chi connectivity index (χ3n) is 6.68. The number of rotatable bonds is 6. The largest absolute Gasteiger partial charge is 0.475 e. The van der Waals surface area contributed by atoms with Crippen LogP contribution < -0.4 is 26.0 Å². The van der Waals surface area contributed by atoms with Crippen LogP contribution in [0.4, 0.5) is 10.5 Å². The van der Waals surface area contributed by atoms with E-state index < -0.39 is 11.9 Å². The van der Waals surface area contributed by atoms with Crippen molar-refractivity contribution in [1.82, 2.24) is 20.9 Å². The monoisotopic (exact) mass is 491 g/mol. The lowest BCUT2D eigenvalue weighted by atomic mass is 10.0. The van der Waals surface area contributed by atoms with Crippen LogP contribution in [0.25, 0.3) is 0 Å². The summed E-state index contributed by atoms with van der Waals surface area (Å²) in [6.45, 7) is 1.49. The molecule has 2 atom stereocenters. The van der Waals surface area contributed by atoms with Crippen LogP contribution in [-0.4, -0.2) is 47.5 Å². The Hall–Kier alpha value is -3.92. The van der Waals surface area contributed by atoms with Crippen LogP contribution in [-0.2, 0) is 22.7 Å². The Morgan fingerprint density at radius 1 is 1.08 bits per heavy atom. The zero-order valence-electron chi connectivity index (χ0n) is 19.8. The molecule has 0 spiro atoms. The van der Waals surface area contributed by atoms with Gasteiger partial charge in [-0.05, 0) is 61.6 Å². The molecule has 10 heteroatoms. The van der Waals surface area contributed by atoms with Gasteiger partial charge in [-0.1, -0.05) is 18.2 Å². The van der Waals surface area contributed by atoms with Gasteiger partial charge in [-0.3, -0.25) is 25.0 Å². The first-order chi connectivity index (χ1) is 17.5. The van der Waals surface area contributed by atoms with Crippen LogP contribution >= 0.6 is 0 Å². The number of imide groups is 1. The highest BCUT2D eigenvalue weighted by molar-refractivity contribution is 6.05. The fourth-order valence-corrected chi connectivity index (χ4v) is 4.80. The van der Waals surface area contributed by atoms with Crippen LogP contribution in [0, 0.1) is 0 Å². The standard InChI is InChI=1S/C26H29N5O5/c32-22-10-9-21(24(33)30-22)31-15-17-8-7-16(12-20(17)25(31)34)14-28-26(35)29-18-4-3-5-19(13-18)36-23-6-1-2-11-27-23/h3-5,7-8,12-13,21,23,27H,1-2,6,9-11,14-15H2,(H2,28,29,35)(H,30,32,33). The molecule has 2 aromatic carbocycles. The Bertz CT molecular complexity index is 1190. The molecule has 188 valence electrons. The van der Waals surface area contributed by atoms with Crippen LogP contribution in [0.1, 0.15) is 53.6 Å². The third-order valence-corrected chi connectivity index (χ3v) is 6.68. The van der Waals surface area contributed by atoms with Gasteiger partial charge in [0.2, 0.25) is 11.8 Å². The van der Waals surface area contributed by atoms with Crippen LogP contribution in [0.5, 0.6) is 5.75 Å². The second-order valence-corrected chi connectivity index (χ2v) is 9.28. The first kappa shape index (κ1) is 23.8. The number of amides is 5. The van der Waals surface area contributed by atoms with E-state index in [0.717, 1.165) is 36.9 Å². The minimum absolute atomic E-state index is 0.0174. The molecule has 3 heterocycles. The summed E-state index contributed by atoms with van der Waals surface area (Å²) in [5.74, 6) is -0.303. The van der Waals surface area contributed by atoms with E-state index in [2.05, 4.69) is 21.3 Å². The predicted molar refractivity (Wildman–Crippen MR) is 131 cm³/mol. The van der Waals surface area contributed by atoms with Crippen molar-refractivity contribution < 1.29 is 23.9 Å². The molecule has 3 aliphatic heterocycles. The first-order valence-corrected chi connectivity index (χ1v) is 12.3. The van der Waals surface area contributed by atoms with E-state index in [0.29, 0.717) is 30.0 Å². The van der Waals surface area contributed by atoms with Crippen molar-refractivity contribution in [3.05, 3.63) is 59.2 Å². The highest BCUT2D eigenvalue weighted by atomic mass is 16.5. The zero-order valence-corrected chi connectivity index (χ0v) is 19.8. The second kappa shape index (κ2) is 10.4. The molecule has 36 heavy (non-hydrogen) atoms. The molecule has 3 aliphatic rings. The number of benzene rings is 2. The third kappa shape index (κ3) is 5.33. The Labute approximate surface area is 208 Å². The average molecular weight is 492 g/mol. The molecule has 10 nitrogen and oxygen atoms in total. The Balaban J connectivity index is 1.15. The highest BCUT2D eigenvalue weighted by Crippen LogP contribution is 2.28. The number of anilines is 1. The molecular formula is C26H29N5O5. The number of hydrogen-bond acceptors (Lipinski definition) is 6. The molecule has 5 rings (SSSR count). The number of carbonyl (C=O) groups is 4. The van der Waals surface area contributed by atoms with Gasteiger partial charge in [-0.25, -0.2) is 4.79 Å². The maximum absolute atomic E-state index is 13.0. The number of nitrogens with zero attached hydrogens (tertiary/aromatic N) is 1. The minimum Gasteiger partial charge on any atom is -0.475 e. The Morgan fingerprint density at radius 3 is 2.78 bits per heavy atom. The molecule has 0 bridgehead atoms. The van der Waals surface area contributed by atoms with Crippen LogP contribution in [0.3, 0.4) is 0 Å². The fourth-order valence-electron chi connectivity index (χ4n) is 4.80. The van der Waals surface area contributed by atoms with Crippen LogP contribution in [0.2, 0.25) is 0 Å². The maximum atomic E-state index is 13.0. The van der Waals surface area contributed by atoms with Crippen molar-refractivity contribution in [2.24, 2.45) is 0 Å². The summed E-state index contributed by atoms with van der Waals surface area (Å²) >= 11 is 0. The molecular weight excluding hydrogens is 462 g/mol. The van der Waals surface area contributed by atoms with E-state index >= 15 is 0 Å². The number of carbonyl (C=O) groups excluding carboxylic acids is 4. The van der Waals surface area contributed by atoms with E-state index in [9.17, 15) is 19.2 Å². The van der Waals surface area contributed by atoms with Crippen molar-refractivity contribution in [2.45, 2.75) is 57.5 Å². The van der Waals surface area contributed by atoms with Crippen molar-refractivity contribution in [1.29, 1.82) is 0 Å². The lowest BCUT2D eigenvalue weighted by Gasteiger charge is -2.29. The van der Waals surface area contributed by atoms with Gasteiger partial charge in [0.25, 0.3) is 5.91 Å². The van der Waals surface area contributed by atoms with Gasteiger partial charge < -0.3 is 20.3 Å². The molecule has 2 aromatic rings. The molecule has 0 aromatic heterocycles. The van der Waals surface area contributed by atoms with Crippen molar-refractivity contribution in [3.8, 4) is 5.75 Å².